The molecule has 0 saturated carbocycles. The molecular weight excluding hydrogens is 244 g/mol. The minimum atomic E-state index is 0.245. The van der Waals surface area contributed by atoms with Gasteiger partial charge in [0.1, 0.15) is 0 Å². The van der Waals surface area contributed by atoms with Crippen molar-refractivity contribution < 1.29 is 14.3 Å². The monoisotopic (exact) mass is 272 g/mol. The Morgan fingerprint density at radius 3 is 2.00 bits per heavy atom. The highest BCUT2D eigenvalue weighted by atomic mass is 16.5. The molecule has 1 rings (SSSR count). The summed E-state index contributed by atoms with van der Waals surface area (Å²) in [4.78, 5) is 16.4. The van der Waals surface area contributed by atoms with Gasteiger partial charge in [-0.15, -0.1) is 0 Å². The zero-order chi connectivity index (χ0) is 13.9. The Hall–Kier alpha value is -0.650. The van der Waals surface area contributed by atoms with E-state index in [1.54, 1.807) is 14.2 Å². The Morgan fingerprint density at radius 2 is 1.53 bits per heavy atom. The van der Waals surface area contributed by atoms with Crippen LogP contribution in [0.15, 0.2) is 0 Å². The van der Waals surface area contributed by atoms with Crippen LogP contribution in [-0.4, -0.2) is 75.9 Å². The van der Waals surface area contributed by atoms with Crippen LogP contribution >= 0.6 is 0 Å². The van der Waals surface area contributed by atoms with Gasteiger partial charge in [0, 0.05) is 40.4 Å². The van der Waals surface area contributed by atoms with Crippen molar-refractivity contribution >= 4 is 5.91 Å². The molecule has 1 fully saturated rings. The van der Waals surface area contributed by atoms with Crippen molar-refractivity contribution in [3.05, 3.63) is 0 Å². The van der Waals surface area contributed by atoms with Gasteiger partial charge >= 0.3 is 0 Å². The Balaban J connectivity index is 2.38. The summed E-state index contributed by atoms with van der Waals surface area (Å²) < 4.78 is 10.2. The van der Waals surface area contributed by atoms with Crippen molar-refractivity contribution in [2.45, 2.75) is 25.7 Å². The number of ether oxygens (including phenoxy) is 2. The van der Waals surface area contributed by atoms with Crippen LogP contribution in [0.3, 0.4) is 0 Å². The molecule has 0 spiro atoms. The second-order valence-electron chi connectivity index (χ2n) is 5.06. The van der Waals surface area contributed by atoms with Crippen molar-refractivity contribution in [3.8, 4) is 0 Å². The first-order chi connectivity index (χ1) is 9.27. The number of likely N-dealkylation sites (tertiary alicyclic amines) is 1. The standard InChI is InChI=1S/C14H28N2O3/c1-18-11-9-15(10-12-19-2)13-14(17)16-7-5-3-4-6-8-16/h3-13H2,1-2H3. The molecule has 0 atom stereocenters. The van der Waals surface area contributed by atoms with Crippen LogP contribution in [0.5, 0.6) is 0 Å². The minimum absolute atomic E-state index is 0.245. The molecule has 112 valence electrons. The van der Waals surface area contributed by atoms with E-state index in [1.165, 1.54) is 12.8 Å². The maximum absolute atomic E-state index is 12.3. The first kappa shape index (κ1) is 16.4. The van der Waals surface area contributed by atoms with Gasteiger partial charge in [-0.25, -0.2) is 0 Å². The van der Waals surface area contributed by atoms with E-state index in [0.29, 0.717) is 19.8 Å². The summed E-state index contributed by atoms with van der Waals surface area (Å²) >= 11 is 0. The van der Waals surface area contributed by atoms with Crippen LogP contribution in [0.2, 0.25) is 0 Å². The first-order valence-corrected chi connectivity index (χ1v) is 7.26. The van der Waals surface area contributed by atoms with Crippen molar-refractivity contribution in [3.63, 3.8) is 0 Å². The fourth-order valence-electron chi connectivity index (χ4n) is 2.32. The van der Waals surface area contributed by atoms with E-state index in [4.69, 9.17) is 9.47 Å². The summed E-state index contributed by atoms with van der Waals surface area (Å²) in [5, 5.41) is 0. The molecule has 0 radical (unpaired) electrons. The maximum atomic E-state index is 12.3. The van der Waals surface area contributed by atoms with Crippen molar-refractivity contribution in [1.82, 2.24) is 9.80 Å². The molecule has 0 unspecified atom stereocenters. The van der Waals surface area contributed by atoms with Crippen molar-refractivity contribution in [1.29, 1.82) is 0 Å². The Labute approximate surface area is 116 Å². The van der Waals surface area contributed by atoms with Crippen LogP contribution in [0.25, 0.3) is 0 Å². The molecule has 0 aromatic heterocycles. The number of methoxy groups -OCH3 is 2. The quantitative estimate of drug-likeness (QED) is 0.661. The van der Waals surface area contributed by atoms with Crippen LogP contribution in [0.4, 0.5) is 0 Å². The third kappa shape index (κ3) is 6.89. The van der Waals surface area contributed by atoms with E-state index in [0.717, 1.165) is 39.0 Å². The van der Waals surface area contributed by atoms with E-state index in [1.807, 2.05) is 4.90 Å². The lowest BCUT2D eigenvalue weighted by molar-refractivity contribution is -0.132. The number of amides is 1. The third-order valence-corrected chi connectivity index (χ3v) is 3.54. The lowest BCUT2D eigenvalue weighted by atomic mass is 10.2. The number of hydrogen-bond donors (Lipinski definition) is 0. The normalized spacial score (nSPS) is 16.7. The van der Waals surface area contributed by atoms with Gasteiger partial charge in [0.25, 0.3) is 0 Å². The topological polar surface area (TPSA) is 42.0 Å². The van der Waals surface area contributed by atoms with Gasteiger partial charge in [0.2, 0.25) is 5.91 Å². The summed E-state index contributed by atoms with van der Waals surface area (Å²) in [5.41, 5.74) is 0. The number of nitrogens with zero attached hydrogens (tertiary/aromatic N) is 2. The summed E-state index contributed by atoms with van der Waals surface area (Å²) in [7, 11) is 3.37. The van der Waals surface area contributed by atoms with Crippen molar-refractivity contribution in [2.24, 2.45) is 0 Å². The fourth-order valence-corrected chi connectivity index (χ4v) is 2.32. The SMILES string of the molecule is COCCN(CCOC)CC(=O)N1CCCCCC1. The molecule has 1 heterocycles. The molecule has 19 heavy (non-hydrogen) atoms. The van der Waals surface area contributed by atoms with E-state index >= 15 is 0 Å². The number of hydrogen-bond acceptors (Lipinski definition) is 4. The fraction of sp³-hybridized carbons (Fsp3) is 0.929. The molecule has 0 aromatic rings. The summed E-state index contributed by atoms with van der Waals surface area (Å²) in [6.07, 6.45) is 4.78. The van der Waals surface area contributed by atoms with Gasteiger partial charge < -0.3 is 14.4 Å². The molecule has 1 amide bonds. The minimum Gasteiger partial charge on any atom is -0.383 e. The number of carbonyl (C=O) groups is 1. The molecule has 5 nitrogen and oxygen atoms in total. The van der Waals surface area contributed by atoms with Crippen LogP contribution in [-0.2, 0) is 14.3 Å². The predicted octanol–water partition coefficient (Wildman–Crippen LogP) is 0.984. The molecule has 5 heteroatoms. The highest BCUT2D eigenvalue weighted by Gasteiger charge is 2.18. The van der Waals surface area contributed by atoms with Crippen molar-refractivity contribution in [2.75, 3.05) is 60.2 Å². The zero-order valence-electron chi connectivity index (χ0n) is 12.4. The smallest absolute Gasteiger partial charge is 0.236 e. The van der Waals surface area contributed by atoms with Gasteiger partial charge in [-0.05, 0) is 12.8 Å². The molecule has 1 aliphatic heterocycles. The molecule has 0 bridgehead atoms. The second kappa shape index (κ2) is 10.2. The van der Waals surface area contributed by atoms with E-state index in [-0.39, 0.29) is 5.91 Å². The Bertz CT molecular complexity index is 233. The van der Waals surface area contributed by atoms with Crippen LogP contribution < -0.4 is 0 Å². The van der Waals surface area contributed by atoms with Crippen LogP contribution in [0, 0.1) is 0 Å². The second-order valence-corrected chi connectivity index (χ2v) is 5.06. The molecule has 0 N–H and O–H groups in total. The molecule has 1 aliphatic rings. The van der Waals surface area contributed by atoms with E-state index in [9.17, 15) is 4.79 Å². The first-order valence-electron chi connectivity index (χ1n) is 7.26. The summed E-state index contributed by atoms with van der Waals surface area (Å²) in [6.45, 7) is 5.17. The third-order valence-electron chi connectivity index (χ3n) is 3.54. The molecule has 1 saturated heterocycles. The Kier molecular flexibility index (Phi) is 8.79. The largest absolute Gasteiger partial charge is 0.383 e. The Morgan fingerprint density at radius 1 is 1.00 bits per heavy atom. The van der Waals surface area contributed by atoms with Crippen LogP contribution in [0.1, 0.15) is 25.7 Å². The maximum Gasteiger partial charge on any atom is 0.236 e. The summed E-state index contributed by atoms with van der Waals surface area (Å²) in [6, 6.07) is 0. The molecule has 0 aliphatic carbocycles. The average Bonchev–Trinajstić information content (AvgIpc) is 2.70. The lowest BCUT2D eigenvalue weighted by Gasteiger charge is -2.26. The summed E-state index contributed by atoms with van der Waals surface area (Å²) in [5.74, 6) is 0.245. The highest BCUT2D eigenvalue weighted by Crippen LogP contribution is 2.10. The van der Waals surface area contributed by atoms with E-state index < -0.39 is 0 Å². The van der Waals surface area contributed by atoms with E-state index in [2.05, 4.69) is 4.90 Å². The lowest BCUT2D eigenvalue weighted by Crippen LogP contribution is -2.43. The molecular formula is C14H28N2O3. The van der Waals surface area contributed by atoms with Gasteiger partial charge in [0.15, 0.2) is 0 Å². The number of carbonyl (C=O) groups excluding carboxylic acids is 1. The predicted molar refractivity (Wildman–Crippen MR) is 75.2 cm³/mol. The zero-order valence-corrected chi connectivity index (χ0v) is 12.4. The average molecular weight is 272 g/mol. The number of rotatable bonds is 8. The van der Waals surface area contributed by atoms with Gasteiger partial charge in [-0.1, -0.05) is 12.8 Å². The highest BCUT2D eigenvalue weighted by molar-refractivity contribution is 5.78. The molecule has 0 aromatic carbocycles. The van der Waals surface area contributed by atoms with Gasteiger partial charge in [0.05, 0.1) is 19.8 Å². The van der Waals surface area contributed by atoms with Gasteiger partial charge in [-0.2, -0.15) is 0 Å². The van der Waals surface area contributed by atoms with Gasteiger partial charge in [-0.3, -0.25) is 9.69 Å².